The molecule has 1 aliphatic heterocycles. The van der Waals surface area contributed by atoms with E-state index in [-0.39, 0.29) is 15.0 Å². The fraction of sp³-hybridized carbons (Fsp3) is 0.250. The van der Waals surface area contributed by atoms with E-state index < -0.39 is 31.0 Å². The number of carbonyl (C=O) groups excluding carboxylic acids is 3. The van der Waals surface area contributed by atoms with Gasteiger partial charge in [0.25, 0.3) is 5.91 Å². The van der Waals surface area contributed by atoms with Crippen LogP contribution in [0.5, 0.6) is 11.5 Å². The number of carboxylic acid groups (broad SMARTS) is 2. The van der Waals surface area contributed by atoms with Gasteiger partial charge in [-0.15, -0.1) is 0 Å². The van der Waals surface area contributed by atoms with Crippen molar-refractivity contribution in [1.29, 1.82) is 0 Å². The lowest BCUT2D eigenvalue weighted by atomic mass is 10.2. The van der Waals surface area contributed by atoms with Gasteiger partial charge in [-0.3, -0.25) is 9.69 Å². The zero-order valence-corrected chi connectivity index (χ0v) is 15.2. The first-order chi connectivity index (χ1) is 12.3. The van der Waals surface area contributed by atoms with Gasteiger partial charge in [0.1, 0.15) is 10.9 Å². The minimum atomic E-state index is -1.41. The molecule has 2 rings (SSSR count). The fourth-order valence-corrected chi connectivity index (χ4v) is 3.31. The summed E-state index contributed by atoms with van der Waals surface area (Å²) >= 11 is 5.98. The molecule has 0 saturated carbocycles. The summed E-state index contributed by atoms with van der Waals surface area (Å²) in [5.74, 6) is -2.78. The molecule has 26 heavy (non-hydrogen) atoms. The van der Waals surface area contributed by atoms with E-state index in [4.69, 9.17) is 21.7 Å². The maximum Gasteiger partial charge on any atom is 0.266 e. The molecule has 1 heterocycles. The van der Waals surface area contributed by atoms with Crippen LogP contribution in [0.2, 0.25) is 0 Å². The quantitative estimate of drug-likeness (QED) is 0.410. The van der Waals surface area contributed by atoms with Crippen LogP contribution in [0.3, 0.4) is 0 Å². The first-order valence-corrected chi connectivity index (χ1v) is 8.59. The van der Waals surface area contributed by atoms with Crippen LogP contribution in [0.4, 0.5) is 0 Å². The molecule has 138 valence electrons. The van der Waals surface area contributed by atoms with Gasteiger partial charge in [-0.1, -0.05) is 30.0 Å². The average Bonchev–Trinajstić information content (AvgIpc) is 2.81. The van der Waals surface area contributed by atoms with Crippen LogP contribution in [-0.4, -0.2) is 46.8 Å². The van der Waals surface area contributed by atoms with E-state index in [1.807, 2.05) is 0 Å². The third-order valence-electron chi connectivity index (χ3n) is 3.07. The highest BCUT2D eigenvalue weighted by Crippen LogP contribution is 2.34. The topological polar surface area (TPSA) is 119 Å². The van der Waals surface area contributed by atoms with Gasteiger partial charge >= 0.3 is 0 Å². The Balaban J connectivity index is 2.25. The van der Waals surface area contributed by atoms with Crippen molar-refractivity contribution in [3.8, 4) is 11.5 Å². The molecule has 0 aromatic heterocycles. The second-order valence-corrected chi connectivity index (χ2v) is 6.62. The molecule has 1 aromatic rings. The summed E-state index contributed by atoms with van der Waals surface area (Å²) in [4.78, 5) is 34.7. The maximum atomic E-state index is 12.2. The molecule has 0 radical (unpaired) electrons. The SMILES string of the molecule is CCOc1cc(/C=C2/SC(=S)N(CC(=O)[O-])C2=O)ccc1OCC(=O)[O-]. The van der Waals surface area contributed by atoms with E-state index in [0.29, 0.717) is 17.9 Å². The van der Waals surface area contributed by atoms with E-state index in [2.05, 4.69) is 0 Å². The van der Waals surface area contributed by atoms with Crippen LogP contribution in [0, 0.1) is 0 Å². The Morgan fingerprint density at radius 2 is 1.96 bits per heavy atom. The number of hydrogen-bond acceptors (Lipinski definition) is 9. The lowest BCUT2D eigenvalue weighted by Gasteiger charge is -2.14. The smallest absolute Gasteiger partial charge is 0.266 e. The normalized spacial score (nSPS) is 15.4. The largest absolute Gasteiger partial charge is 0.548 e. The van der Waals surface area contributed by atoms with Gasteiger partial charge in [0.2, 0.25) is 0 Å². The first kappa shape index (κ1) is 19.7. The average molecular weight is 395 g/mol. The van der Waals surface area contributed by atoms with Crippen molar-refractivity contribution >= 4 is 52.2 Å². The second-order valence-electron chi connectivity index (χ2n) is 4.94. The number of benzene rings is 1. The third-order valence-corrected chi connectivity index (χ3v) is 4.45. The van der Waals surface area contributed by atoms with E-state index in [1.54, 1.807) is 19.1 Å². The van der Waals surface area contributed by atoms with Crippen molar-refractivity contribution in [2.45, 2.75) is 6.92 Å². The summed E-state index contributed by atoms with van der Waals surface area (Å²) in [5.41, 5.74) is 0.572. The van der Waals surface area contributed by atoms with Crippen LogP contribution < -0.4 is 19.7 Å². The third kappa shape index (κ3) is 4.96. The van der Waals surface area contributed by atoms with Crippen LogP contribution in [0.25, 0.3) is 6.08 Å². The number of aliphatic carboxylic acids is 2. The predicted molar refractivity (Wildman–Crippen MR) is 93.0 cm³/mol. The molecule has 0 bridgehead atoms. The number of amides is 1. The number of thiocarbonyl (C=S) groups is 1. The van der Waals surface area contributed by atoms with E-state index in [0.717, 1.165) is 16.7 Å². The Morgan fingerprint density at radius 3 is 2.58 bits per heavy atom. The lowest BCUT2D eigenvalue weighted by molar-refractivity contribution is -0.308. The number of thioether (sulfide) groups is 1. The number of carbonyl (C=O) groups is 3. The highest BCUT2D eigenvalue weighted by molar-refractivity contribution is 8.26. The van der Waals surface area contributed by atoms with E-state index >= 15 is 0 Å². The first-order valence-electron chi connectivity index (χ1n) is 7.36. The molecule has 1 aliphatic rings. The molecular formula is C16H13NO7S2-2. The highest BCUT2D eigenvalue weighted by Gasteiger charge is 2.31. The van der Waals surface area contributed by atoms with Gasteiger partial charge in [-0.2, -0.15) is 0 Å². The summed E-state index contributed by atoms with van der Waals surface area (Å²) in [6.07, 6.45) is 1.53. The molecule has 1 amide bonds. The standard InChI is InChI=1S/C16H15NO7S2/c1-2-23-11-5-9(3-4-10(11)24-8-14(20)21)6-12-15(22)17(7-13(18)19)16(25)26-12/h3-6H,2,7-8H2,1H3,(H,18,19)(H,20,21)/p-2/b12-6+. The van der Waals surface area contributed by atoms with Gasteiger partial charge < -0.3 is 29.3 Å². The van der Waals surface area contributed by atoms with Gasteiger partial charge in [0, 0.05) is 0 Å². The molecule has 0 N–H and O–H groups in total. The van der Waals surface area contributed by atoms with Crippen molar-refractivity contribution < 1.29 is 34.1 Å². The molecular weight excluding hydrogens is 382 g/mol. The number of hydrogen-bond donors (Lipinski definition) is 0. The monoisotopic (exact) mass is 395 g/mol. The van der Waals surface area contributed by atoms with Gasteiger partial charge in [0.05, 0.1) is 30.0 Å². The summed E-state index contributed by atoms with van der Waals surface area (Å²) in [6, 6.07) is 4.67. The number of rotatable bonds is 8. The van der Waals surface area contributed by atoms with E-state index in [1.165, 1.54) is 12.1 Å². The zero-order valence-electron chi connectivity index (χ0n) is 13.6. The van der Waals surface area contributed by atoms with Crippen molar-refractivity contribution in [2.75, 3.05) is 19.8 Å². The molecule has 1 aromatic carbocycles. The fourth-order valence-electron chi connectivity index (χ4n) is 2.06. The molecule has 0 spiro atoms. The van der Waals surface area contributed by atoms with Crippen molar-refractivity contribution in [3.63, 3.8) is 0 Å². The van der Waals surface area contributed by atoms with Crippen LogP contribution in [0.1, 0.15) is 12.5 Å². The van der Waals surface area contributed by atoms with Crippen molar-refractivity contribution in [3.05, 3.63) is 28.7 Å². The number of ether oxygens (including phenoxy) is 2. The van der Waals surface area contributed by atoms with Crippen LogP contribution in [0.15, 0.2) is 23.1 Å². The minimum Gasteiger partial charge on any atom is -0.548 e. The van der Waals surface area contributed by atoms with E-state index in [9.17, 15) is 24.6 Å². The van der Waals surface area contributed by atoms with Gasteiger partial charge in [-0.25, -0.2) is 0 Å². The number of carboxylic acids is 2. The zero-order chi connectivity index (χ0) is 19.3. The summed E-state index contributed by atoms with van der Waals surface area (Å²) in [7, 11) is 0. The maximum absolute atomic E-state index is 12.2. The Labute approximate surface area is 158 Å². The lowest BCUT2D eigenvalue weighted by Crippen LogP contribution is -2.40. The Bertz CT molecular complexity index is 791. The van der Waals surface area contributed by atoms with Gasteiger partial charge in [-0.05, 0) is 30.7 Å². The summed E-state index contributed by atoms with van der Waals surface area (Å²) in [6.45, 7) is 0.836. The van der Waals surface area contributed by atoms with Crippen LogP contribution in [-0.2, 0) is 14.4 Å². The number of nitrogens with zero attached hydrogens (tertiary/aromatic N) is 1. The Morgan fingerprint density at radius 1 is 1.23 bits per heavy atom. The molecule has 8 nitrogen and oxygen atoms in total. The second kappa shape index (κ2) is 8.68. The predicted octanol–water partition coefficient (Wildman–Crippen LogP) is -0.835. The highest BCUT2D eigenvalue weighted by atomic mass is 32.2. The molecule has 0 aliphatic carbocycles. The molecule has 0 atom stereocenters. The van der Waals surface area contributed by atoms with Gasteiger partial charge in [0.15, 0.2) is 11.5 Å². The van der Waals surface area contributed by atoms with Crippen molar-refractivity contribution in [1.82, 2.24) is 4.90 Å². The summed E-state index contributed by atoms with van der Waals surface area (Å²) in [5, 5.41) is 21.2. The summed E-state index contributed by atoms with van der Waals surface area (Å²) < 4.78 is 10.6. The Hall–Kier alpha value is -2.59. The molecule has 1 saturated heterocycles. The van der Waals surface area contributed by atoms with Crippen LogP contribution >= 0.6 is 24.0 Å². The van der Waals surface area contributed by atoms with Crippen molar-refractivity contribution in [2.24, 2.45) is 0 Å². The minimum absolute atomic E-state index is 0.129. The molecule has 0 unspecified atom stereocenters. The molecule has 1 fully saturated rings. The molecule has 10 heteroatoms. The Kier molecular flexibility index (Phi) is 6.58.